The maximum absolute atomic E-state index is 12.2. The van der Waals surface area contributed by atoms with Crippen LogP contribution in [0, 0.1) is 0 Å². The minimum absolute atomic E-state index is 0.344. The van der Waals surface area contributed by atoms with Crippen LogP contribution in [0.3, 0.4) is 0 Å². The molecule has 1 N–H and O–H groups in total. The van der Waals surface area contributed by atoms with E-state index in [-0.39, 0.29) is 6.10 Å². The molecule has 2 nitrogen and oxygen atoms in total. The lowest BCUT2D eigenvalue weighted by Crippen LogP contribution is -2.25. The van der Waals surface area contributed by atoms with Crippen molar-refractivity contribution in [3.8, 4) is 0 Å². The number of hydrogen-bond donors (Lipinski definition) is 1. The normalized spacial score (nSPS) is 12.9. The van der Waals surface area contributed by atoms with E-state index < -0.39 is 13.0 Å². The first-order valence-corrected chi connectivity index (χ1v) is 6.78. The van der Waals surface area contributed by atoms with Crippen LogP contribution in [0.1, 0.15) is 25.0 Å². The Labute approximate surface area is 115 Å². The number of benzene rings is 1. The zero-order valence-electron chi connectivity index (χ0n) is 10.3. The van der Waals surface area contributed by atoms with Crippen LogP contribution in [0.15, 0.2) is 28.7 Å². The molecule has 1 unspecified atom stereocenters. The molecule has 0 bridgehead atoms. The quantitative estimate of drug-likeness (QED) is 0.736. The number of hydrogen-bond acceptors (Lipinski definition) is 2. The summed E-state index contributed by atoms with van der Waals surface area (Å²) in [7, 11) is 0. The molecule has 0 spiro atoms. The van der Waals surface area contributed by atoms with Gasteiger partial charge in [0.2, 0.25) is 0 Å². The highest BCUT2D eigenvalue weighted by Gasteiger charge is 2.14. The Morgan fingerprint density at radius 2 is 2.17 bits per heavy atom. The van der Waals surface area contributed by atoms with Crippen molar-refractivity contribution in [1.82, 2.24) is 5.32 Å². The van der Waals surface area contributed by atoms with Crippen molar-refractivity contribution in [2.75, 3.05) is 19.7 Å². The van der Waals surface area contributed by atoms with Crippen molar-refractivity contribution in [2.24, 2.45) is 0 Å². The zero-order chi connectivity index (χ0) is 13.4. The Morgan fingerprint density at radius 1 is 1.39 bits per heavy atom. The summed E-state index contributed by atoms with van der Waals surface area (Å²) in [5.74, 6) is 0. The molecule has 0 saturated carbocycles. The summed E-state index contributed by atoms with van der Waals surface area (Å²) in [5.41, 5.74) is 0.897. The molecule has 0 amide bonds. The highest BCUT2D eigenvalue weighted by molar-refractivity contribution is 9.10. The van der Waals surface area contributed by atoms with Crippen molar-refractivity contribution in [3.63, 3.8) is 0 Å². The Bertz CT molecular complexity index is 350. The number of alkyl halides is 2. The summed E-state index contributed by atoms with van der Waals surface area (Å²) in [6.45, 7) is 2.91. The fraction of sp³-hybridized carbons (Fsp3) is 0.538. The lowest BCUT2D eigenvalue weighted by molar-refractivity contribution is -0.0245. The molecule has 0 saturated heterocycles. The van der Waals surface area contributed by atoms with Gasteiger partial charge in [-0.25, -0.2) is 8.78 Å². The minimum Gasteiger partial charge on any atom is -0.366 e. The van der Waals surface area contributed by atoms with Gasteiger partial charge in [0, 0.05) is 11.0 Å². The average molecular weight is 322 g/mol. The standard InChI is InChI=1S/C13H18BrF2NO/c1-2-6-17-8-12(18-9-13(15)16)10-4-3-5-11(14)7-10/h3-5,7,12-13,17H,2,6,8-9H2,1H3. The van der Waals surface area contributed by atoms with E-state index in [2.05, 4.69) is 28.2 Å². The molecule has 0 aliphatic rings. The second kappa shape index (κ2) is 8.56. The van der Waals surface area contributed by atoms with Crippen LogP contribution in [0.5, 0.6) is 0 Å². The molecular weight excluding hydrogens is 304 g/mol. The summed E-state index contributed by atoms with van der Waals surface area (Å²) in [6, 6.07) is 7.55. The highest BCUT2D eigenvalue weighted by atomic mass is 79.9. The smallest absolute Gasteiger partial charge is 0.261 e. The van der Waals surface area contributed by atoms with Gasteiger partial charge in [0.25, 0.3) is 6.43 Å². The molecule has 0 radical (unpaired) electrons. The van der Waals surface area contributed by atoms with Crippen molar-refractivity contribution < 1.29 is 13.5 Å². The van der Waals surface area contributed by atoms with Gasteiger partial charge in [-0.1, -0.05) is 35.0 Å². The van der Waals surface area contributed by atoms with Crippen LogP contribution in [-0.2, 0) is 4.74 Å². The monoisotopic (exact) mass is 321 g/mol. The maximum atomic E-state index is 12.2. The molecule has 0 fully saturated rings. The highest BCUT2D eigenvalue weighted by Crippen LogP contribution is 2.21. The van der Waals surface area contributed by atoms with Gasteiger partial charge >= 0.3 is 0 Å². The van der Waals surface area contributed by atoms with Gasteiger partial charge in [-0.15, -0.1) is 0 Å². The topological polar surface area (TPSA) is 21.3 Å². The molecule has 18 heavy (non-hydrogen) atoms. The molecule has 0 aliphatic carbocycles. The Kier molecular flexibility index (Phi) is 7.39. The number of halogens is 3. The van der Waals surface area contributed by atoms with E-state index in [1.807, 2.05) is 24.3 Å². The third kappa shape index (κ3) is 5.89. The predicted molar refractivity (Wildman–Crippen MR) is 72.0 cm³/mol. The van der Waals surface area contributed by atoms with Gasteiger partial charge < -0.3 is 10.1 Å². The van der Waals surface area contributed by atoms with E-state index in [9.17, 15) is 8.78 Å². The summed E-state index contributed by atoms with van der Waals surface area (Å²) in [6.07, 6.45) is -1.78. The second-order valence-electron chi connectivity index (χ2n) is 3.97. The largest absolute Gasteiger partial charge is 0.366 e. The summed E-state index contributed by atoms with van der Waals surface area (Å²) >= 11 is 3.37. The van der Waals surface area contributed by atoms with E-state index in [1.54, 1.807) is 0 Å². The fourth-order valence-electron chi connectivity index (χ4n) is 1.58. The van der Waals surface area contributed by atoms with Crippen LogP contribution in [0.25, 0.3) is 0 Å². The number of ether oxygens (including phenoxy) is 1. The summed E-state index contributed by atoms with van der Waals surface area (Å²) < 4.78 is 30.6. The van der Waals surface area contributed by atoms with Crippen LogP contribution >= 0.6 is 15.9 Å². The molecule has 102 valence electrons. The Morgan fingerprint density at radius 3 is 2.78 bits per heavy atom. The number of nitrogens with one attached hydrogen (secondary N) is 1. The van der Waals surface area contributed by atoms with Gasteiger partial charge in [0.15, 0.2) is 0 Å². The maximum Gasteiger partial charge on any atom is 0.261 e. The summed E-state index contributed by atoms with van der Waals surface area (Å²) in [4.78, 5) is 0. The van der Waals surface area contributed by atoms with Gasteiger partial charge in [-0.3, -0.25) is 0 Å². The molecule has 5 heteroatoms. The minimum atomic E-state index is -2.44. The van der Waals surface area contributed by atoms with Crippen molar-refractivity contribution in [2.45, 2.75) is 25.9 Å². The molecular formula is C13H18BrF2NO. The SMILES string of the molecule is CCCNCC(OCC(F)F)c1cccc(Br)c1. The first-order valence-electron chi connectivity index (χ1n) is 5.99. The molecule has 1 aromatic rings. The van der Waals surface area contributed by atoms with Crippen LogP contribution in [0.2, 0.25) is 0 Å². The van der Waals surface area contributed by atoms with E-state index in [0.717, 1.165) is 23.0 Å². The molecule has 1 aromatic carbocycles. The van der Waals surface area contributed by atoms with E-state index in [0.29, 0.717) is 6.54 Å². The third-order valence-electron chi connectivity index (χ3n) is 2.40. The van der Waals surface area contributed by atoms with Crippen LogP contribution in [0.4, 0.5) is 8.78 Å². The zero-order valence-corrected chi connectivity index (χ0v) is 11.9. The molecule has 1 rings (SSSR count). The van der Waals surface area contributed by atoms with E-state index >= 15 is 0 Å². The first kappa shape index (κ1) is 15.5. The molecule has 0 aliphatic heterocycles. The molecule has 1 atom stereocenters. The average Bonchev–Trinajstić information content (AvgIpc) is 2.33. The molecule has 0 aromatic heterocycles. The van der Waals surface area contributed by atoms with Gasteiger partial charge in [-0.05, 0) is 30.7 Å². The van der Waals surface area contributed by atoms with Gasteiger partial charge in [-0.2, -0.15) is 0 Å². The van der Waals surface area contributed by atoms with Gasteiger partial charge in [0.05, 0.1) is 6.10 Å². The Balaban J connectivity index is 2.63. The van der Waals surface area contributed by atoms with Crippen molar-refractivity contribution in [3.05, 3.63) is 34.3 Å². The first-order chi connectivity index (χ1) is 8.63. The van der Waals surface area contributed by atoms with E-state index in [4.69, 9.17) is 4.74 Å². The second-order valence-corrected chi connectivity index (χ2v) is 4.89. The van der Waals surface area contributed by atoms with Crippen molar-refractivity contribution >= 4 is 15.9 Å². The third-order valence-corrected chi connectivity index (χ3v) is 2.89. The predicted octanol–water partition coefficient (Wildman–Crippen LogP) is 3.77. The number of rotatable bonds is 8. The van der Waals surface area contributed by atoms with Crippen molar-refractivity contribution in [1.29, 1.82) is 0 Å². The summed E-state index contributed by atoms with van der Waals surface area (Å²) in [5, 5.41) is 3.19. The van der Waals surface area contributed by atoms with Crippen LogP contribution in [-0.4, -0.2) is 26.1 Å². The van der Waals surface area contributed by atoms with Crippen LogP contribution < -0.4 is 5.32 Å². The van der Waals surface area contributed by atoms with Gasteiger partial charge in [0.1, 0.15) is 6.61 Å². The Hall–Kier alpha value is -0.520. The van der Waals surface area contributed by atoms with E-state index in [1.165, 1.54) is 0 Å². The lowest BCUT2D eigenvalue weighted by Gasteiger charge is -2.19. The molecule has 0 heterocycles. The lowest BCUT2D eigenvalue weighted by atomic mass is 10.1. The fourth-order valence-corrected chi connectivity index (χ4v) is 2.00.